The Bertz CT molecular complexity index is 386. The molecule has 1 aromatic heterocycles. The van der Waals surface area contributed by atoms with E-state index in [-0.39, 0.29) is 0 Å². The molecule has 1 aliphatic heterocycles. The van der Waals surface area contributed by atoms with Crippen molar-refractivity contribution in [3.05, 3.63) is 11.4 Å². The molecule has 0 unspecified atom stereocenters. The highest BCUT2D eigenvalue weighted by molar-refractivity contribution is 5.19. The Balaban J connectivity index is 1.79. The van der Waals surface area contributed by atoms with Crippen LogP contribution in [0, 0.1) is 5.92 Å². The minimum absolute atomic E-state index is 0.410. The zero-order chi connectivity index (χ0) is 11.7. The molecule has 3 rings (SSSR count). The van der Waals surface area contributed by atoms with E-state index < -0.39 is 0 Å². The second-order valence-electron chi connectivity index (χ2n) is 5.03. The topological polar surface area (TPSA) is 52.0 Å². The average molecular weight is 236 g/mol. The quantitative estimate of drug-likeness (QED) is 0.825. The van der Waals surface area contributed by atoms with Crippen LogP contribution in [0.1, 0.15) is 37.1 Å². The highest BCUT2D eigenvalue weighted by Gasteiger charge is 2.29. The molecule has 0 aromatic carbocycles. The summed E-state index contributed by atoms with van der Waals surface area (Å²) in [5.74, 6) is 1.25. The van der Waals surface area contributed by atoms with Gasteiger partial charge in [0.25, 0.3) is 0 Å². The van der Waals surface area contributed by atoms with Gasteiger partial charge in [0, 0.05) is 32.2 Å². The first-order valence-corrected chi connectivity index (χ1v) is 6.59. The molecule has 0 bridgehead atoms. The normalized spacial score (nSPS) is 23.7. The summed E-state index contributed by atoms with van der Waals surface area (Å²) < 4.78 is 7.69. The smallest absolute Gasteiger partial charge is 0.100 e. The van der Waals surface area contributed by atoms with Crippen molar-refractivity contribution in [1.29, 1.82) is 0 Å². The van der Waals surface area contributed by atoms with Crippen molar-refractivity contribution >= 4 is 0 Å². The van der Waals surface area contributed by atoms with Crippen LogP contribution in [-0.2, 0) is 17.8 Å². The van der Waals surface area contributed by atoms with Gasteiger partial charge >= 0.3 is 0 Å². The molecule has 1 saturated carbocycles. The van der Waals surface area contributed by atoms with Gasteiger partial charge in [0.1, 0.15) is 5.69 Å². The third-order valence-corrected chi connectivity index (χ3v) is 3.57. The van der Waals surface area contributed by atoms with Gasteiger partial charge in [0.15, 0.2) is 0 Å². The van der Waals surface area contributed by atoms with Crippen molar-refractivity contribution in [2.45, 2.75) is 38.8 Å². The predicted octanol–water partition coefficient (Wildman–Crippen LogP) is 0.911. The zero-order valence-electron chi connectivity index (χ0n) is 10.4. The van der Waals surface area contributed by atoms with Gasteiger partial charge in [-0.25, -0.2) is 4.68 Å². The van der Waals surface area contributed by atoms with Crippen molar-refractivity contribution in [3.8, 4) is 0 Å². The number of fused-ring (bicyclic) bond motifs is 1. The van der Waals surface area contributed by atoms with E-state index in [1.54, 1.807) is 0 Å². The first-order valence-electron chi connectivity index (χ1n) is 6.59. The Morgan fingerprint density at radius 2 is 2.35 bits per heavy atom. The van der Waals surface area contributed by atoms with Crippen molar-refractivity contribution in [1.82, 2.24) is 20.3 Å². The van der Waals surface area contributed by atoms with E-state index in [0.717, 1.165) is 44.5 Å². The SMILES string of the molecule is CCOC[C@H]1CNCc2nnn(CC3CC3)c21. The molecule has 0 saturated heterocycles. The van der Waals surface area contributed by atoms with Crippen LogP contribution in [0.3, 0.4) is 0 Å². The molecule has 1 N–H and O–H groups in total. The Kier molecular flexibility index (Phi) is 3.11. The fourth-order valence-corrected chi connectivity index (χ4v) is 2.47. The Labute approximate surface area is 102 Å². The van der Waals surface area contributed by atoms with Gasteiger partial charge in [-0.1, -0.05) is 5.21 Å². The van der Waals surface area contributed by atoms with E-state index in [1.807, 2.05) is 6.92 Å². The standard InChI is InChI=1S/C12H20N4O/c1-2-17-8-10-5-13-6-11-12(10)16(15-14-11)7-9-3-4-9/h9-10,13H,2-8H2,1H3/t10-/m1/s1. The first-order chi connectivity index (χ1) is 8.38. The lowest BCUT2D eigenvalue weighted by Crippen LogP contribution is -2.32. The lowest BCUT2D eigenvalue weighted by atomic mass is 10.0. The molecule has 1 aliphatic carbocycles. The molecular formula is C12H20N4O. The van der Waals surface area contributed by atoms with Gasteiger partial charge in [0.2, 0.25) is 0 Å². The van der Waals surface area contributed by atoms with Gasteiger partial charge in [-0.05, 0) is 25.7 Å². The maximum Gasteiger partial charge on any atom is 0.100 e. The van der Waals surface area contributed by atoms with E-state index >= 15 is 0 Å². The van der Waals surface area contributed by atoms with Crippen LogP contribution in [0.5, 0.6) is 0 Å². The Hall–Kier alpha value is -0.940. The number of nitrogens with one attached hydrogen (secondary N) is 1. The fourth-order valence-electron chi connectivity index (χ4n) is 2.47. The minimum atomic E-state index is 0.410. The number of nitrogens with zero attached hydrogens (tertiary/aromatic N) is 3. The van der Waals surface area contributed by atoms with E-state index in [1.165, 1.54) is 18.5 Å². The largest absolute Gasteiger partial charge is 0.381 e. The lowest BCUT2D eigenvalue weighted by molar-refractivity contribution is 0.126. The second kappa shape index (κ2) is 4.74. The van der Waals surface area contributed by atoms with Crippen LogP contribution in [0.15, 0.2) is 0 Å². The van der Waals surface area contributed by atoms with Crippen LogP contribution in [-0.4, -0.2) is 34.8 Å². The number of rotatable bonds is 5. The third-order valence-electron chi connectivity index (χ3n) is 3.57. The molecule has 2 heterocycles. The van der Waals surface area contributed by atoms with Crippen LogP contribution >= 0.6 is 0 Å². The highest BCUT2D eigenvalue weighted by atomic mass is 16.5. The van der Waals surface area contributed by atoms with E-state index in [4.69, 9.17) is 4.74 Å². The van der Waals surface area contributed by atoms with Crippen LogP contribution in [0.4, 0.5) is 0 Å². The maximum absolute atomic E-state index is 5.57. The summed E-state index contributed by atoms with van der Waals surface area (Å²) in [5, 5.41) is 12.0. The number of hydrogen-bond donors (Lipinski definition) is 1. The molecule has 5 nitrogen and oxygen atoms in total. The van der Waals surface area contributed by atoms with E-state index in [9.17, 15) is 0 Å². The zero-order valence-corrected chi connectivity index (χ0v) is 10.4. The molecule has 94 valence electrons. The van der Waals surface area contributed by atoms with E-state index in [2.05, 4.69) is 20.3 Å². The van der Waals surface area contributed by atoms with Gasteiger partial charge in [-0.2, -0.15) is 0 Å². The minimum Gasteiger partial charge on any atom is -0.381 e. The van der Waals surface area contributed by atoms with Gasteiger partial charge in [0.05, 0.1) is 12.3 Å². The summed E-state index contributed by atoms with van der Waals surface area (Å²) >= 11 is 0. The number of ether oxygens (including phenoxy) is 1. The van der Waals surface area contributed by atoms with Crippen LogP contribution in [0.2, 0.25) is 0 Å². The molecule has 1 fully saturated rings. The highest BCUT2D eigenvalue weighted by Crippen LogP contribution is 2.32. The van der Waals surface area contributed by atoms with Crippen molar-refractivity contribution in [2.75, 3.05) is 19.8 Å². The molecule has 0 spiro atoms. The fraction of sp³-hybridized carbons (Fsp3) is 0.833. The molecule has 0 amide bonds. The molecule has 1 atom stereocenters. The average Bonchev–Trinajstić information content (AvgIpc) is 3.07. The summed E-state index contributed by atoms with van der Waals surface area (Å²) in [6.45, 7) is 6.46. The molecular weight excluding hydrogens is 216 g/mol. The van der Waals surface area contributed by atoms with Crippen LogP contribution < -0.4 is 5.32 Å². The van der Waals surface area contributed by atoms with Crippen molar-refractivity contribution in [2.24, 2.45) is 5.92 Å². The number of hydrogen-bond acceptors (Lipinski definition) is 4. The Morgan fingerprint density at radius 1 is 1.47 bits per heavy atom. The summed E-state index contributed by atoms with van der Waals surface area (Å²) in [7, 11) is 0. The molecule has 2 aliphatic rings. The van der Waals surface area contributed by atoms with Gasteiger partial charge < -0.3 is 10.1 Å². The molecule has 0 radical (unpaired) electrons. The van der Waals surface area contributed by atoms with Crippen LogP contribution in [0.25, 0.3) is 0 Å². The Morgan fingerprint density at radius 3 is 3.12 bits per heavy atom. The maximum atomic E-state index is 5.57. The van der Waals surface area contributed by atoms with E-state index in [0.29, 0.717) is 5.92 Å². The summed E-state index contributed by atoms with van der Waals surface area (Å²) in [6.07, 6.45) is 2.70. The molecule has 5 heteroatoms. The summed E-state index contributed by atoms with van der Waals surface area (Å²) in [4.78, 5) is 0. The first kappa shape index (κ1) is 11.2. The third kappa shape index (κ3) is 2.35. The number of aromatic nitrogens is 3. The van der Waals surface area contributed by atoms with Gasteiger partial charge in [-0.3, -0.25) is 0 Å². The van der Waals surface area contributed by atoms with Crippen molar-refractivity contribution in [3.63, 3.8) is 0 Å². The summed E-state index contributed by atoms with van der Waals surface area (Å²) in [6, 6.07) is 0. The molecule has 17 heavy (non-hydrogen) atoms. The van der Waals surface area contributed by atoms with Crippen molar-refractivity contribution < 1.29 is 4.74 Å². The lowest BCUT2D eigenvalue weighted by Gasteiger charge is -2.23. The predicted molar refractivity (Wildman–Crippen MR) is 63.7 cm³/mol. The van der Waals surface area contributed by atoms with Gasteiger partial charge in [-0.15, -0.1) is 5.10 Å². The summed E-state index contributed by atoms with van der Waals surface area (Å²) in [5.41, 5.74) is 2.42. The molecule has 1 aromatic rings. The monoisotopic (exact) mass is 236 g/mol. The second-order valence-corrected chi connectivity index (χ2v) is 5.03.